The van der Waals surface area contributed by atoms with E-state index in [1.807, 2.05) is 0 Å². The topological polar surface area (TPSA) is 118 Å². The monoisotopic (exact) mass is 425 g/mol. The summed E-state index contributed by atoms with van der Waals surface area (Å²) in [5.74, 6) is -1.41. The lowest BCUT2D eigenvalue weighted by molar-refractivity contribution is 0.256. The number of halogens is 2. The van der Waals surface area contributed by atoms with Gasteiger partial charge in [-0.2, -0.15) is 0 Å². The van der Waals surface area contributed by atoms with Gasteiger partial charge >= 0.3 is 6.03 Å². The summed E-state index contributed by atoms with van der Waals surface area (Å²) in [7, 11) is -3.78. The van der Waals surface area contributed by atoms with Gasteiger partial charge in [0.1, 0.15) is 5.82 Å². The average molecular weight is 426 g/mol. The van der Waals surface area contributed by atoms with E-state index in [9.17, 15) is 27.5 Å². The summed E-state index contributed by atoms with van der Waals surface area (Å²) in [6.07, 6.45) is 0.790. The highest BCUT2D eigenvalue weighted by Gasteiger charge is 2.16. The highest BCUT2D eigenvalue weighted by Crippen LogP contribution is 2.29. The van der Waals surface area contributed by atoms with Crippen molar-refractivity contribution in [3.05, 3.63) is 63.7 Å². The van der Waals surface area contributed by atoms with Gasteiger partial charge in [-0.25, -0.2) is 26.9 Å². The largest absolute Gasteiger partial charge is 0.494 e. The molecule has 0 aliphatic carbocycles. The Morgan fingerprint density at radius 1 is 1.18 bits per heavy atom. The van der Waals surface area contributed by atoms with E-state index in [1.54, 1.807) is 4.72 Å². The first-order valence-electron chi connectivity index (χ1n) is 7.68. The second-order valence-corrected chi connectivity index (χ2v) is 8.05. The van der Waals surface area contributed by atoms with Crippen LogP contribution in [0.5, 0.6) is 5.88 Å². The smallest absolute Gasteiger partial charge is 0.332 e. The summed E-state index contributed by atoms with van der Waals surface area (Å²) < 4.78 is 39.0. The van der Waals surface area contributed by atoms with Gasteiger partial charge < -0.3 is 10.4 Å². The fourth-order valence-corrected chi connectivity index (χ4v) is 3.17. The number of rotatable bonds is 3. The standard InChI is InChI=1S/C17H13ClFN3O5S/c1-28(26,27)21-17(25)20-11-3-5-14(13(19)8-11)22-15(23)7-9-6-10(18)2-4-12(9)16(22)24/h2-8,24H,1H3,(H2,20,21,25). The summed E-state index contributed by atoms with van der Waals surface area (Å²) in [5.41, 5.74) is -1.00. The molecule has 8 nitrogen and oxygen atoms in total. The van der Waals surface area contributed by atoms with Crippen LogP contribution in [0.3, 0.4) is 0 Å². The van der Waals surface area contributed by atoms with Crippen molar-refractivity contribution < 1.29 is 22.7 Å². The first-order chi connectivity index (χ1) is 13.0. The SMILES string of the molecule is CS(=O)(=O)NC(=O)Nc1ccc(-n2c(O)c3ccc(Cl)cc3cc2=O)c(F)c1. The van der Waals surface area contributed by atoms with Crippen LogP contribution < -0.4 is 15.6 Å². The van der Waals surface area contributed by atoms with Crippen LogP contribution in [0.4, 0.5) is 14.9 Å². The normalized spacial score (nSPS) is 11.4. The van der Waals surface area contributed by atoms with E-state index in [1.165, 1.54) is 30.3 Å². The molecule has 0 radical (unpaired) electrons. The van der Waals surface area contributed by atoms with Crippen molar-refractivity contribution in [2.24, 2.45) is 0 Å². The van der Waals surface area contributed by atoms with Gasteiger partial charge in [0.2, 0.25) is 15.9 Å². The number of urea groups is 1. The zero-order chi connectivity index (χ0) is 20.6. The van der Waals surface area contributed by atoms with E-state index in [2.05, 4.69) is 5.32 Å². The number of amides is 2. The van der Waals surface area contributed by atoms with Crippen LogP contribution in [0.2, 0.25) is 5.02 Å². The second kappa shape index (κ2) is 7.13. The molecule has 1 aromatic heterocycles. The summed E-state index contributed by atoms with van der Waals surface area (Å²) in [4.78, 5) is 23.9. The number of sulfonamides is 1. The first-order valence-corrected chi connectivity index (χ1v) is 9.95. The van der Waals surface area contributed by atoms with E-state index < -0.39 is 33.3 Å². The molecule has 0 fully saturated rings. The maximum absolute atomic E-state index is 14.6. The summed E-state index contributed by atoms with van der Waals surface area (Å²) in [6.45, 7) is 0. The Hall–Kier alpha value is -3.11. The van der Waals surface area contributed by atoms with Crippen LogP contribution in [0, 0.1) is 5.82 Å². The van der Waals surface area contributed by atoms with Crippen LogP contribution in [0.1, 0.15) is 0 Å². The fourth-order valence-electron chi connectivity index (χ4n) is 2.60. The lowest BCUT2D eigenvalue weighted by Gasteiger charge is -2.13. The van der Waals surface area contributed by atoms with Gasteiger partial charge in [-0.1, -0.05) is 11.6 Å². The number of fused-ring (bicyclic) bond motifs is 1. The van der Waals surface area contributed by atoms with E-state index in [4.69, 9.17) is 11.6 Å². The molecule has 3 N–H and O–H groups in total. The molecule has 0 bridgehead atoms. The van der Waals surface area contributed by atoms with Crippen molar-refractivity contribution in [2.45, 2.75) is 0 Å². The van der Waals surface area contributed by atoms with Gasteiger partial charge in [-0.05, 0) is 41.8 Å². The Labute approximate surface area is 163 Å². The van der Waals surface area contributed by atoms with Crippen molar-refractivity contribution in [3.8, 4) is 11.6 Å². The molecule has 0 aliphatic heterocycles. The minimum atomic E-state index is -3.78. The van der Waals surface area contributed by atoms with Crippen LogP contribution in [0.15, 0.2) is 47.3 Å². The minimum absolute atomic E-state index is 0.0532. The summed E-state index contributed by atoms with van der Waals surface area (Å²) >= 11 is 5.88. The van der Waals surface area contributed by atoms with Crippen molar-refractivity contribution >= 4 is 44.1 Å². The third-order valence-electron chi connectivity index (χ3n) is 3.69. The molecule has 2 amide bonds. The lowest BCUT2D eigenvalue weighted by Crippen LogP contribution is -2.33. The number of aromatic nitrogens is 1. The van der Waals surface area contributed by atoms with E-state index >= 15 is 0 Å². The Morgan fingerprint density at radius 3 is 2.54 bits per heavy atom. The molecule has 0 atom stereocenters. The van der Waals surface area contributed by atoms with Crippen LogP contribution in [-0.2, 0) is 10.0 Å². The molecule has 3 aromatic rings. The summed E-state index contributed by atoms with van der Waals surface area (Å²) in [6, 6.07) is 7.92. The Kier molecular flexibility index (Phi) is 5.01. The fraction of sp³-hybridized carbons (Fsp3) is 0.0588. The molecule has 0 aliphatic rings. The summed E-state index contributed by atoms with van der Waals surface area (Å²) in [5, 5.41) is 13.7. The molecular formula is C17H13ClFN3O5S. The minimum Gasteiger partial charge on any atom is -0.494 e. The zero-order valence-electron chi connectivity index (χ0n) is 14.2. The third kappa shape index (κ3) is 4.07. The number of benzene rings is 2. The van der Waals surface area contributed by atoms with Gasteiger partial charge in [0.05, 0.1) is 11.9 Å². The van der Waals surface area contributed by atoms with Crippen LogP contribution >= 0.6 is 11.6 Å². The quantitative estimate of drug-likeness (QED) is 0.596. The molecule has 3 rings (SSSR count). The third-order valence-corrected chi connectivity index (χ3v) is 4.48. The van der Waals surface area contributed by atoms with Crippen molar-refractivity contribution in [1.82, 2.24) is 9.29 Å². The number of anilines is 1. The number of hydrogen-bond acceptors (Lipinski definition) is 5. The van der Waals surface area contributed by atoms with Crippen LogP contribution in [0.25, 0.3) is 16.5 Å². The average Bonchev–Trinajstić information content (AvgIpc) is 2.54. The number of carbonyl (C=O) groups is 1. The van der Waals surface area contributed by atoms with Crippen molar-refractivity contribution in [2.75, 3.05) is 11.6 Å². The van der Waals surface area contributed by atoms with Gasteiger partial charge in [0.15, 0.2) is 0 Å². The molecule has 146 valence electrons. The van der Waals surface area contributed by atoms with E-state index in [0.29, 0.717) is 10.4 Å². The molecule has 28 heavy (non-hydrogen) atoms. The molecule has 11 heteroatoms. The second-order valence-electron chi connectivity index (χ2n) is 5.87. The molecule has 0 spiro atoms. The number of nitrogens with one attached hydrogen (secondary N) is 2. The zero-order valence-corrected chi connectivity index (χ0v) is 15.8. The van der Waals surface area contributed by atoms with Gasteiger partial charge in [0.25, 0.3) is 5.56 Å². The maximum atomic E-state index is 14.6. The number of aromatic hydroxyl groups is 1. The van der Waals surface area contributed by atoms with Crippen molar-refractivity contribution in [3.63, 3.8) is 0 Å². The van der Waals surface area contributed by atoms with Gasteiger partial charge in [0, 0.05) is 22.2 Å². The molecule has 0 unspecified atom stereocenters. The van der Waals surface area contributed by atoms with Gasteiger partial charge in [-0.15, -0.1) is 0 Å². The number of carbonyl (C=O) groups excluding carboxylic acids is 1. The van der Waals surface area contributed by atoms with E-state index in [-0.39, 0.29) is 16.8 Å². The predicted octanol–water partition coefficient (Wildman–Crippen LogP) is 2.57. The van der Waals surface area contributed by atoms with Gasteiger partial charge in [-0.3, -0.25) is 4.79 Å². The predicted molar refractivity (Wildman–Crippen MR) is 103 cm³/mol. The Bertz CT molecular complexity index is 1270. The van der Waals surface area contributed by atoms with Crippen molar-refractivity contribution in [1.29, 1.82) is 0 Å². The highest BCUT2D eigenvalue weighted by atomic mass is 35.5. The Morgan fingerprint density at radius 2 is 1.89 bits per heavy atom. The number of hydrogen-bond donors (Lipinski definition) is 3. The van der Waals surface area contributed by atoms with E-state index in [0.717, 1.165) is 23.0 Å². The number of pyridine rings is 1. The Balaban J connectivity index is 2.02. The molecular weight excluding hydrogens is 413 g/mol. The molecule has 0 saturated carbocycles. The lowest BCUT2D eigenvalue weighted by atomic mass is 10.1. The maximum Gasteiger partial charge on any atom is 0.332 e. The molecule has 2 aromatic carbocycles. The number of nitrogens with zero attached hydrogens (tertiary/aromatic N) is 1. The molecule has 0 saturated heterocycles. The van der Waals surface area contributed by atoms with Crippen LogP contribution in [-0.4, -0.2) is 30.4 Å². The highest BCUT2D eigenvalue weighted by molar-refractivity contribution is 7.89. The first kappa shape index (κ1) is 19.6. The molecule has 1 heterocycles.